The molecule has 0 saturated carbocycles. The topological polar surface area (TPSA) is 38.5 Å². The fourth-order valence-electron chi connectivity index (χ4n) is 2.32. The number of para-hydroxylation sites is 2. The van der Waals surface area contributed by atoms with Crippen LogP contribution in [0.15, 0.2) is 42.5 Å². The first-order chi connectivity index (χ1) is 9.25. The highest BCUT2D eigenvalue weighted by Gasteiger charge is 2.19. The van der Waals surface area contributed by atoms with Crippen molar-refractivity contribution in [3.05, 3.63) is 47.5 Å². The molecular weight excluding hydrogens is 260 g/mol. The third kappa shape index (κ3) is 2.34. The predicted molar refractivity (Wildman–Crippen MR) is 79.4 cm³/mol. The fourth-order valence-corrected chi connectivity index (χ4v) is 2.61. The van der Waals surface area contributed by atoms with Crippen molar-refractivity contribution in [3.8, 4) is 5.75 Å². The van der Waals surface area contributed by atoms with Crippen molar-refractivity contribution in [2.75, 3.05) is 23.8 Å². The van der Waals surface area contributed by atoms with E-state index in [1.54, 1.807) is 6.07 Å². The standard InChI is InChI=1S/C15H15ClN2O/c16-12-10-11(17)6-7-13(12)18-8-3-9-19-15-5-2-1-4-14(15)18/h1-2,4-7,10H,3,8-9,17H2. The normalized spacial score (nSPS) is 14.5. The minimum absolute atomic E-state index is 0.664. The average Bonchev–Trinajstić information content (AvgIpc) is 2.61. The summed E-state index contributed by atoms with van der Waals surface area (Å²) in [7, 11) is 0. The highest BCUT2D eigenvalue weighted by Crippen LogP contribution is 2.39. The number of nitrogens with zero attached hydrogens (tertiary/aromatic N) is 1. The molecule has 4 heteroatoms. The largest absolute Gasteiger partial charge is 0.491 e. The lowest BCUT2D eigenvalue weighted by Gasteiger charge is -2.25. The van der Waals surface area contributed by atoms with E-state index in [0.717, 1.165) is 36.7 Å². The molecule has 0 atom stereocenters. The van der Waals surface area contributed by atoms with Crippen LogP contribution in [0.5, 0.6) is 5.75 Å². The van der Waals surface area contributed by atoms with Crippen molar-refractivity contribution in [1.29, 1.82) is 0 Å². The van der Waals surface area contributed by atoms with E-state index < -0.39 is 0 Å². The van der Waals surface area contributed by atoms with Crippen LogP contribution in [0.3, 0.4) is 0 Å². The Morgan fingerprint density at radius 2 is 1.95 bits per heavy atom. The first-order valence-corrected chi connectivity index (χ1v) is 6.68. The van der Waals surface area contributed by atoms with Gasteiger partial charge in [0.2, 0.25) is 0 Å². The van der Waals surface area contributed by atoms with E-state index in [4.69, 9.17) is 22.1 Å². The van der Waals surface area contributed by atoms with Crippen LogP contribution in [0, 0.1) is 0 Å². The van der Waals surface area contributed by atoms with Crippen molar-refractivity contribution in [2.45, 2.75) is 6.42 Å². The predicted octanol–water partition coefficient (Wildman–Crippen LogP) is 3.84. The van der Waals surface area contributed by atoms with Gasteiger partial charge in [0.15, 0.2) is 0 Å². The number of fused-ring (bicyclic) bond motifs is 1. The monoisotopic (exact) mass is 274 g/mol. The lowest BCUT2D eigenvalue weighted by molar-refractivity contribution is 0.322. The highest BCUT2D eigenvalue weighted by molar-refractivity contribution is 6.33. The smallest absolute Gasteiger partial charge is 0.142 e. The Bertz CT molecular complexity index is 600. The molecule has 0 bridgehead atoms. The van der Waals surface area contributed by atoms with Gasteiger partial charge < -0.3 is 15.4 Å². The molecule has 0 spiro atoms. The Morgan fingerprint density at radius 3 is 2.79 bits per heavy atom. The Balaban J connectivity index is 2.09. The summed E-state index contributed by atoms with van der Waals surface area (Å²) in [6.07, 6.45) is 0.954. The molecule has 0 radical (unpaired) electrons. The number of benzene rings is 2. The molecule has 3 rings (SSSR count). The van der Waals surface area contributed by atoms with Gasteiger partial charge >= 0.3 is 0 Å². The number of nitrogens with two attached hydrogens (primary N) is 1. The second-order valence-corrected chi connectivity index (χ2v) is 4.94. The lowest BCUT2D eigenvalue weighted by Crippen LogP contribution is -2.18. The summed E-state index contributed by atoms with van der Waals surface area (Å²) in [5, 5.41) is 0.664. The quantitative estimate of drug-likeness (QED) is 0.803. The molecule has 0 aliphatic carbocycles. The number of anilines is 3. The number of ether oxygens (including phenoxy) is 1. The van der Waals surface area contributed by atoms with Crippen molar-refractivity contribution < 1.29 is 4.74 Å². The molecule has 98 valence electrons. The first-order valence-electron chi connectivity index (χ1n) is 6.30. The maximum absolute atomic E-state index is 6.32. The third-order valence-electron chi connectivity index (χ3n) is 3.20. The van der Waals surface area contributed by atoms with Gasteiger partial charge in [-0.25, -0.2) is 0 Å². The third-order valence-corrected chi connectivity index (χ3v) is 3.50. The van der Waals surface area contributed by atoms with Gasteiger partial charge in [-0.3, -0.25) is 0 Å². The number of nitrogen functional groups attached to an aromatic ring is 1. The summed E-state index contributed by atoms with van der Waals surface area (Å²) in [4.78, 5) is 2.18. The van der Waals surface area contributed by atoms with Crippen molar-refractivity contribution in [3.63, 3.8) is 0 Å². The molecule has 0 fully saturated rings. The molecule has 2 N–H and O–H groups in total. The van der Waals surface area contributed by atoms with Crippen LogP contribution in [-0.2, 0) is 0 Å². The van der Waals surface area contributed by atoms with Gasteiger partial charge in [-0.15, -0.1) is 0 Å². The summed E-state index contributed by atoms with van der Waals surface area (Å²) >= 11 is 6.32. The summed E-state index contributed by atoms with van der Waals surface area (Å²) < 4.78 is 5.75. The number of halogens is 1. The molecule has 3 nitrogen and oxygen atoms in total. The van der Waals surface area contributed by atoms with Crippen LogP contribution in [-0.4, -0.2) is 13.2 Å². The van der Waals surface area contributed by atoms with E-state index in [-0.39, 0.29) is 0 Å². The minimum atomic E-state index is 0.664. The van der Waals surface area contributed by atoms with Crippen molar-refractivity contribution >= 4 is 28.7 Å². The second-order valence-electron chi connectivity index (χ2n) is 4.53. The van der Waals surface area contributed by atoms with Crippen LogP contribution in [0.1, 0.15) is 6.42 Å². The van der Waals surface area contributed by atoms with Crippen LogP contribution in [0.2, 0.25) is 5.02 Å². The van der Waals surface area contributed by atoms with Gasteiger partial charge in [0, 0.05) is 12.2 Å². The fraction of sp³-hybridized carbons (Fsp3) is 0.200. The molecule has 0 amide bonds. The summed E-state index contributed by atoms with van der Waals surface area (Å²) in [6.45, 7) is 1.60. The Kier molecular flexibility index (Phi) is 3.22. The van der Waals surface area contributed by atoms with E-state index in [1.807, 2.05) is 36.4 Å². The molecule has 0 unspecified atom stereocenters. The van der Waals surface area contributed by atoms with Gasteiger partial charge in [0.1, 0.15) is 5.75 Å². The van der Waals surface area contributed by atoms with Gasteiger partial charge in [-0.05, 0) is 36.8 Å². The summed E-state index contributed by atoms with van der Waals surface area (Å²) in [6, 6.07) is 13.6. The summed E-state index contributed by atoms with van der Waals surface area (Å²) in [5.41, 5.74) is 8.44. The van der Waals surface area contributed by atoms with Gasteiger partial charge in [-0.1, -0.05) is 23.7 Å². The molecule has 2 aromatic rings. The Labute approximate surface area is 117 Å². The molecule has 1 aliphatic rings. The van der Waals surface area contributed by atoms with E-state index >= 15 is 0 Å². The van der Waals surface area contributed by atoms with Gasteiger partial charge in [0.05, 0.1) is 23.0 Å². The number of hydrogen-bond acceptors (Lipinski definition) is 3. The van der Waals surface area contributed by atoms with E-state index in [1.165, 1.54) is 0 Å². The molecule has 0 aromatic heterocycles. The molecule has 2 aromatic carbocycles. The SMILES string of the molecule is Nc1ccc(N2CCCOc3ccccc32)c(Cl)c1. The average molecular weight is 275 g/mol. The van der Waals surface area contributed by atoms with E-state index in [2.05, 4.69) is 4.90 Å². The van der Waals surface area contributed by atoms with E-state index in [0.29, 0.717) is 10.7 Å². The Hall–Kier alpha value is -1.87. The molecule has 1 aliphatic heterocycles. The molecular formula is C15H15ClN2O. The maximum Gasteiger partial charge on any atom is 0.142 e. The maximum atomic E-state index is 6.32. The van der Waals surface area contributed by atoms with E-state index in [9.17, 15) is 0 Å². The zero-order chi connectivity index (χ0) is 13.2. The van der Waals surface area contributed by atoms with Crippen LogP contribution >= 0.6 is 11.6 Å². The lowest BCUT2D eigenvalue weighted by atomic mass is 10.2. The molecule has 19 heavy (non-hydrogen) atoms. The first kappa shape index (κ1) is 12.2. The highest BCUT2D eigenvalue weighted by atomic mass is 35.5. The van der Waals surface area contributed by atoms with Crippen molar-refractivity contribution in [1.82, 2.24) is 0 Å². The van der Waals surface area contributed by atoms with Crippen LogP contribution < -0.4 is 15.4 Å². The minimum Gasteiger partial charge on any atom is -0.491 e. The van der Waals surface area contributed by atoms with Crippen LogP contribution in [0.4, 0.5) is 17.1 Å². The van der Waals surface area contributed by atoms with Gasteiger partial charge in [-0.2, -0.15) is 0 Å². The Morgan fingerprint density at radius 1 is 1.11 bits per heavy atom. The van der Waals surface area contributed by atoms with Crippen molar-refractivity contribution in [2.24, 2.45) is 0 Å². The second kappa shape index (κ2) is 5.02. The molecule has 1 heterocycles. The zero-order valence-electron chi connectivity index (χ0n) is 10.5. The number of rotatable bonds is 1. The zero-order valence-corrected chi connectivity index (χ0v) is 11.2. The molecule has 0 saturated heterocycles. The summed E-state index contributed by atoms with van der Waals surface area (Å²) in [5.74, 6) is 0.896. The number of hydrogen-bond donors (Lipinski definition) is 1. The van der Waals surface area contributed by atoms with Crippen LogP contribution in [0.25, 0.3) is 0 Å². The van der Waals surface area contributed by atoms with Gasteiger partial charge in [0.25, 0.3) is 0 Å².